The van der Waals surface area contributed by atoms with Crippen LogP contribution >= 0.6 is 0 Å². The van der Waals surface area contributed by atoms with Crippen LogP contribution in [0.4, 0.5) is 0 Å². The molecule has 2 aromatic heterocycles. The van der Waals surface area contributed by atoms with Crippen molar-refractivity contribution in [2.24, 2.45) is 11.8 Å². The molecule has 0 aliphatic heterocycles. The first-order valence-electron chi connectivity index (χ1n) is 15.0. The fourth-order valence-corrected chi connectivity index (χ4v) is 6.68. The first-order chi connectivity index (χ1) is 19.1. The van der Waals surface area contributed by atoms with E-state index in [0.29, 0.717) is 31.3 Å². The zero-order valence-corrected chi connectivity index (χ0v) is 22.9. The monoisotopic (exact) mass is 533 g/mol. The highest BCUT2D eigenvalue weighted by Crippen LogP contribution is 2.32. The number of amides is 1. The lowest BCUT2D eigenvalue weighted by Crippen LogP contribution is -2.45. The molecule has 210 valence electrons. The van der Waals surface area contributed by atoms with E-state index >= 15 is 0 Å². The van der Waals surface area contributed by atoms with Crippen LogP contribution in [0.3, 0.4) is 0 Å². The molecule has 2 aromatic rings. The number of carboxylic acid groups (broad SMARTS) is 1. The van der Waals surface area contributed by atoms with Crippen molar-refractivity contribution in [3.63, 3.8) is 0 Å². The second-order valence-corrected chi connectivity index (χ2v) is 11.6. The number of aliphatic carboxylic acids is 1. The van der Waals surface area contributed by atoms with E-state index in [-0.39, 0.29) is 17.9 Å². The van der Waals surface area contributed by atoms with Gasteiger partial charge in [0, 0.05) is 30.4 Å². The maximum Gasteiger partial charge on any atom is 0.326 e. The number of hydrogen-bond acceptors (Lipinski definition) is 6. The zero-order valence-electron chi connectivity index (χ0n) is 22.9. The van der Waals surface area contributed by atoms with E-state index in [1.165, 1.54) is 23.2 Å². The highest BCUT2D eigenvalue weighted by Gasteiger charge is 2.30. The number of carboxylic acids is 1. The van der Waals surface area contributed by atoms with E-state index in [2.05, 4.69) is 38.1 Å². The lowest BCUT2D eigenvalue weighted by Gasteiger charge is -2.31. The molecule has 8 nitrogen and oxygen atoms in total. The number of aromatic nitrogens is 2. The van der Waals surface area contributed by atoms with Gasteiger partial charge >= 0.3 is 5.97 Å². The van der Waals surface area contributed by atoms with Crippen molar-refractivity contribution in [2.75, 3.05) is 13.1 Å². The van der Waals surface area contributed by atoms with Crippen LogP contribution in [0, 0.1) is 11.8 Å². The summed E-state index contributed by atoms with van der Waals surface area (Å²) in [7, 11) is 0. The Kier molecular flexibility index (Phi) is 9.58. The minimum Gasteiger partial charge on any atom is -0.480 e. The maximum absolute atomic E-state index is 13.0. The van der Waals surface area contributed by atoms with Gasteiger partial charge in [0.2, 0.25) is 5.91 Å². The molecule has 3 aliphatic rings. The summed E-state index contributed by atoms with van der Waals surface area (Å²) >= 11 is 0. The number of nitrogens with zero attached hydrogens (tertiary/aromatic N) is 2. The lowest BCUT2D eigenvalue weighted by atomic mass is 9.81. The third kappa shape index (κ3) is 7.22. The summed E-state index contributed by atoms with van der Waals surface area (Å²) in [6, 6.07) is 8.05. The molecule has 3 atom stereocenters. The Morgan fingerprint density at radius 1 is 0.872 bits per heavy atom. The standard InChI is InChI=1S/C31H43N5O3/c37-30(24-15-13-21(14-16-24)20-35-26-11-2-7-23-9-4-19-34-29(23)26)36-27(31(38)39)12-5-17-32-25-10-1-6-22-8-3-18-33-28(22)25/h3-4,8-9,18-19,21,24-27,32,35H,1-2,5-7,10-17,20H2,(H,36,37)(H,38,39)/t21?,24?,25?,26?,27-/m0/s1. The predicted molar refractivity (Wildman–Crippen MR) is 150 cm³/mol. The summed E-state index contributed by atoms with van der Waals surface area (Å²) in [6.45, 7) is 1.65. The molecule has 4 N–H and O–H groups in total. The fourth-order valence-electron chi connectivity index (χ4n) is 6.68. The van der Waals surface area contributed by atoms with Gasteiger partial charge in [0.1, 0.15) is 6.04 Å². The number of fused-ring (bicyclic) bond motifs is 2. The van der Waals surface area contributed by atoms with Crippen LogP contribution in [-0.2, 0) is 22.4 Å². The number of carbonyl (C=O) groups is 2. The minimum absolute atomic E-state index is 0.0943. The largest absolute Gasteiger partial charge is 0.480 e. The summed E-state index contributed by atoms with van der Waals surface area (Å²) in [5.41, 5.74) is 4.99. The summed E-state index contributed by atoms with van der Waals surface area (Å²) in [5.74, 6) is -0.600. The molecule has 1 fully saturated rings. The van der Waals surface area contributed by atoms with Crippen molar-refractivity contribution in [3.8, 4) is 0 Å². The molecule has 8 heteroatoms. The number of carbonyl (C=O) groups excluding carboxylic acids is 1. The zero-order chi connectivity index (χ0) is 27.0. The third-order valence-corrected chi connectivity index (χ3v) is 8.94. The smallest absolute Gasteiger partial charge is 0.326 e. The lowest BCUT2D eigenvalue weighted by molar-refractivity contribution is -0.143. The molecule has 0 spiro atoms. The van der Waals surface area contributed by atoms with Gasteiger partial charge < -0.3 is 21.1 Å². The SMILES string of the molecule is O=C(N[C@@H](CCCNC1CCCc2cccnc21)C(=O)O)C1CCC(CNC2CCCc3cccnc32)CC1. The normalized spacial score (nSPS) is 25.2. The van der Waals surface area contributed by atoms with Gasteiger partial charge in [-0.3, -0.25) is 14.8 Å². The molecule has 5 rings (SSSR count). The van der Waals surface area contributed by atoms with Gasteiger partial charge in [-0.2, -0.15) is 0 Å². The number of rotatable bonds is 11. The van der Waals surface area contributed by atoms with Crippen LogP contribution in [0.1, 0.15) is 98.8 Å². The van der Waals surface area contributed by atoms with Crippen LogP contribution < -0.4 is 16.0 Å². The van der Waals surface area contributed by atoms with E-state index in [1.54, 1.807) is 0 Å². The molecule has 1 saturated carbocycles. The molecule has 39 heavy (non-hydrogen) atoms. The van der Waals surface area contributed by atoms with Gasteiger partial charge in [-0.25, -0.2) is 4.79 Å². The van der Waals surface area contributed by atoms with Crippen LogP contribution in [0.25, 0.3) is 0 Å². The number of pyridine rings is 2. The summed E-state index contributed by atoms with van der Waals surface area (Å²) in [6.07, 6.45) is 15.1. The Hall–Kier alpha value is -2.84. The van der Waals surface area contributed by atoms with Gasteiger partial charge in [0.05, 0.1) is 11.4 Å². The van der Waals surface area contributed by atoms with Gasteiger partial charge in [0.25, 0.3) is 0 Å². The molecule has 1 amide bonds. The Bertz CT molecular complexity index is 1120. The van der Waals surface area contributed by atoms with Crippen molar-refractivity contribution in [2.45, 2.75) is 95.2 Å². The van der Waals surface area contributed by atoms with Crippen molar-refractivity contribution >= 4 is 11.9 Å². The molecule has 0 saturated heterocycles. The first kappa shape index (κ1) is 27.7. The van der Waals surface area contributed by atoms with E-state index in [1.807, 2.05) is 24.5 Å². The number of nitrogens with one attached hydrogen (secondary N) is 3. The van der Waals surface area contributed by atoms with Gasteiger partial charge in [-0.05, 0) is 119 Å². The second kappa shape index (κ2) is 13.5. The molecular formula is C31H43N5O3. The van der Waals surface area contributed by atoms with Gasteiger partial charge in [0.15, 0.2) is 0 Å². The Morgan fingerprint density at radius 3 is 2.10 bits per heavy atom. The molecule has 0 radical (unpaired) electrons. The summed E-state index contributed by atoms with van der Waals surface area (Å²) in [5, 5.41) is 19.9. The van der Waals surface area contributed by atoms with E-state index in [4.69, 9.17) is 0 Å². The van der Waals surface area contributed by atoms with Crippen LogP contribution in [0.5, 0.6) is 0 Å². The topological polar surface area (TPSA) is 116 Å². The highest BCUT2D eigenvalue weighted by molar-refractivity contribution is 5.85. The maximum atomic E-state index is 13.0. The van der Waals surface area contributed by atoms with Crippen molar-refractivity contribution in [1.82, 2.24) is 25.9 Å². The first-order valence-corrected chi connectivity index (χ1v) is 15.0. The minimum atomic E-state index is -0.952. The van der Waals surface area contributed by atoms with E-state index < -0.39 is 12.0 Å². The predicted octanol–water partition coefficient (Wildman–Crippen LogP) is 4.27. The quantitative estimate of drug-likeness (QED) is 0.319. The fraction of sp³-hybridized carbons (Fsp3) is 0.613. The Morgan fingerprint density at radius 2 is 1.49 bits per heavy atom. The van der Waals surface area contributed by atoms with Gasteiger partial charge in [-0.1, -0.05) is 12.1 Å². The van der Waals surface area contributed by atoms with Crippen molar-refractivity contribution < 1.29 is 14.7 Å². The summed E-state index contributed by atoms with van der Waals surface area (Å²) in [4.78, 5) is 34.0. The van der Waals surface area contributed by atoms with Crippen molar-refractivity contribution in [1.29, 1.82) is 0 Å². The number of aryl methyl sites for hydroxylation is 2. The Labute approximate surface area is 231 Å². The van der Waals surface area contributed by atoms with Crippen LogP contribution in [0.15, 0.2) is 36.7 Å². The molecular weight excluding hydrogens is 490 g/mol. The third-order valence-electron chi connectivity index (χ3n) is 8.94. The molecule has 0 bridgehead atoms. The molecule has 3 aliphatic carbocycles. The van der Waals surface area contributed by atoms with E-state index in [0.717, 1.165) is 70.0 Å². The highest BCUT2D eigenvalue weighted by atomic mass is 16.4. The summed E-state index contributed by atoms with van der Waals surface area (Å²) < 4.78 is 0. The molecule has 2 unspecified atom stereocenters. The van der Waals surface area contributed by atoms with Gasteiger partial charge in [-0.15, -0.1) is 0 Å². The average molecular weight is 534 g/mol. The van der Waals surface area contributed by atoms with E-state index in [9.17, 15) is 14.7 Å². The van der Waals surface area contributed by atoms with Crippen LogP contribution in [-0.4, -0.2) is 46.1 Å². The number of hydrogen-bond donors (Lipinski definition) is 4. The van der Waals surface area contributed by atoms with Crippen LogP contribution in [0.2, 0.25) is 0 Å². The average Bonchev–Trinajstić information content (AvgIpc) is 2.97. The molecule has 2 heterocycles. The second-order valence-electron chi connectivity index (χ2n) is 11.6. The Balaban J connectivity index is 1.02. The molecule has 0 aromatic carbocycles. The van der Waals surface area contributed by atoms with Crippen molar-refractivity contribution in [3.05, 3.63) is 59.2 Å².